The topological polar surface area (TPSA) is 12.0 Å². The highest BCUT2D eigenvalue weighted by Crippen LogP contribution is 2.24. The van der Waals surface area contributed by atoms with E-state index in [1.807, 2.05) is 11.8 Å². The standard InChI is InChI=1S/C14H23NS/c1-5-8-15-10-13(4)16-14-7-6-11(2)12(3)9-14/h6-7,9,13,15H,5,8,10H2,1-4H3. The molecule has 0 spiro atoms. The lowest BCUT2D eigenvalue weighted by Gasteiger charge is -2.12. The lowest BCUT2D eigenvalue weighted by molar-refractivity contribution is 0.669. The van der Waals surface area contributed by atoms with Gasteiger partial charge in [-0.2, -0.15) is 0 Å². The van der Waals surface area contributed by atoms with Crippen LogP contribution in [0.3, 0.4) is 0 Å². The second kappa shape index (κ2) is 6.97. The van der Waals surface area contributed by atoms with Crippen molar-refractivity contribution in [3.05, 3.63) is 29.3 Å². The van der Waals surface area contributed by atoms with Gasteiger partial charge in [0.05, 0.1) is 0 Å². The SMILES string of the molecule is CCCNCC(C)Sc1ccc(C)c(C)c1. The van der Waals surface area contributed by atoms with Crippen molar-refractivity contribution in [3.63, 3.8) is 0 Å². The average molecular weight is 237 g/mol. The number of thioether (sulfide) groups is 1. The highest BCUT2D eigenvalue weighted by molar-refractivity contribution is 8.00. The van der Waals surface area contributed by atoms with Gasteiger partial charge < -0.3 is 5.32 Å². The Hall–Kier alpha value is -0.470. The van der Waals surface area contributed by atoms with Crippen LogP contribution in [-0.2, 0) is 0 Å². The van der Waals surface area contributed by atoms with E-state index >= 15 is 0 Å². The smallest absolute Gasteiger partial charge is 0.0191 e. The number of benzene rings is 1. The summed E-state index contributed by atoms with van der Waals surface area (Å²) >= 11 is 1.95. The van der Waals surface area contributed by atoms with Crippen LogP contribution in [0.5, 0.6) is 0 Å². The van der Waals surface area contributed by atoms with Gasteiger partial charge in [-0.25, -0.2) is 0 Å². The lowest BCUT2D eigenvalue weighted by Crippen LogP contribution is -2.23. The molecule has 0 amide bonds. The number of aryl methyl sites for hydroxylation is 2. The van der Waals surface area contributed by atoms with E-state index in [2.05, 4.69) is 51.2 Å². The van der Waals surface area contributed by atoms with Crippen molar-refractivity contribution in [1.82, 2.24) is 5.32 Å². The molecule has 2 heteroatoms. The van der Waals surface area contributed by atoms with E-state index in [1.165, 1.54) is 22.4 Å². The molecular weight excluding hydrogens is 214 g/mol. The summed E-state index contributed by atoms with van der Waals surface area (Å²) in [6.07, 6.45) is 1.21. The van der Waals surface area contributed by atoms with Crippen molar-refractivity contribution >= 4 is 11.8 Å². The molecule has 1 atom stereocenters. The van der Waals surface area contributed by atoms with Crippen LogP contribution in [-0.4, -0.2) is 18.3 Å². The van der Waals surface area contributed by atoms with Crippen molar-refractivity contribution in [1.29, 1.82) is 0 Å². The Morgan fingerprint density at radius 2 is 2.00 bits per heavy atom. The molecule has 1 nitrogen and oxygen atoms in total. The van der Waals surface area contributed by atoms with E-state index < -0.39 is 0 Å². The van der Waals surface area contributed by atoms with Gasteiger partial charge in [-0.05, 0) is 50.1 Å². The lowest BCUT2D eigenvalue weighted by atomic mass is 10.1. The van der Waals surface area contributed by atoms with Gasteiger partial charge >= 0.3 is 0 Å². The molecule has 0 aliphatic carbocycles. The molecule has 0 aliphatic heterocycles. The predicted molar refractivity (Wildman–Crippen MR) is 74.4 cm³/mol. The van der Waals surface area contributed by atoms with Crippen molar-refractivity contribution in [3.8, 4) is 0 Å². The van der Waals surface area contributed by atoms with Gasteiger partial charge in [0.25, 0.3) is 0 Å². The molecule has 1 N–H and O–H groups in total. The Bertz CT molecular complexity index is 323. The fourth-order valence-corrected chi connectivity index (χ4v) is 2.60. The van der Waals surface area contributed by atoms with Crippen LogP contribution < -0.4 is 5.32 Å². The van der Waals surface area contributed by atoms with Crippen LogP contribution in [0.4, 0.5) is 0 Å². The zero-order valence-corrected chi connectivity index (χ0v) is 11.7. The Morgan fingerprint density at radius 1 is 1.25 bits per heavy atom. The number of rotatable bonds is 6. The van der Waals surface area contributed by atoms with Gasteiger partial charge in [0.15, 0.2) is 0 Å². The molecule has 0 radical (unpaired) electrons. The molecule has 0 saturated heterocycles. The molecular formula is C14H23NS. The van der Waals surface area contributed by atoms with Crippen LogP contribution in [0.15, 0.2) is 23.1 Å². The first-order valence-corrected chi connectivity index (χ1v) is 6.96. The normalized spacial score (nSPS) is 12.8. The van der Waals surface area contributed by atoms with Crippen LogP contribution in [0.1, 0.15) is 31.4 Å². The van der Waals surface area contributed by atoms with Crippen LogP contribution in [0.25, 0.3) is 0 Å². The Labute approximate surface area is 104 Å². The summed E-state index contributed by atoms with van der Waals surface area (Å²) in [6.45, 7) is 11.0. The minimum absolute atomic E-state index is 0.633. The first kappa shape index (κ1) is 13.6. The number of hydrogen-bond acceptors (Lipinski definition) is 2. The minimum Gasteiger partial charge on any atom is -0.316 e. The van der Waals surface area contributed by atoms with E-state index in [1.54, 1.807) is 0 Å². The molecule has 1 aromatic carbocycles. The predicted octanol–water partition coefficient (Wildman–Crippen LogP) is 3.78. The van der Waals surface area contributed by atoms with Crippen molar-refractivity contribution in [2.75, 3.05) is 13.1 Å². The Balaban J connectivity index is 2.43. The van der Waals surface area contributed by atoms with E-state index in [-0.39, 0.29) is 0 Å². The first-order chi connectivity index (χ1) is 7.63. The molecule has 0 saturated carbocycles. The largest absolute Gasteiger partial charge is 0.316 e. The van der Waals surface area contributed by atoms with Crippen LogP contribution in [0.2, 0.25) is 0 Å². The van der Waals surface area contributed by atoms with Crippen LogP contribution >= 0.6 is 11.8 Å². The summed E-state index contributed by atoms with van der Waals surface area (Å²) in [6, 6.07) is 6.73. The maximum atomic E-state index is 3.46. The zero-order chi connectivity index (χ0) is 12.0. The third-order valence-corrected chi connectivity index (χ3v) is 3.77. The van der Waals surface area contributed by atoms with E-state index in [4.69, 9.17) is 0 Å². The molecule has 0 aromatic heterocycles. The van der Waals surface area contributed by atoms with Gasteiger partial charge in [-0.3, -0.25) is 0 Å². The van der Waals surface area contributed by atoms with Gasteiger partial charge in [-0.1, -0.05) is 19.9 Å². The molecule has 16 heavy (non-hydrogen) atoms. The molecule has 90 valence electrons. The minimum atomic E-state index is 0.633. The second-order valence-corrected chi connectivity index (χ2v) is 5.89. The summed E-state index contributed by atoms with van der Waals surface area (Å²) in [7, 11) is 0. The molecule has 1 aromatic rings. The van der Waals surface area contributed by atoms with Crippen molar-refractivity contribution < 1.29 is 0 Å². The molecule has 0 heterocycles. The quantitative estimate of drug-likeness (QED) is 0.597. The molecule has 0 bridgehead atoms. The maximum absolute atomic E-state index is 3.46. The summed E-state index contributed by atoms with van der Waals surface area (Å²) in [5.74, 6) is 0. The third-order valence-electron chi connectivity index (χ3n) is 2.67. The summed E-state index contributed by atoms with van der Waals surface area (Å²) in [4.78, 5) is 1.38. The fraction of sp³-hybridized carbons (Fsp3) is 0.571. The van der Waals surface area contributed by atoms with Crippen molar-refractivity contribution in [2.45, 2.75) is 44.3 Å². The van der Waals surface area contributed by atoms with Crippen LogP contribution in [0, 0.1) is 13.8 Å². The highest BCUT2D eigenvalue weighted by atomic mass is 32.2. The Morgan fingerprint density at radius 3 is 2.62 bits per heavy atom. The summed E-state index contributed by atoms with van der Waals surface area (Å²) in [5.41, 5.74) is 2.76. The number of hydrogen-bond donors (Lipinski definition) is 1. The summed E-state index contributed by atoms with van der Waals surface area (Å²) in [5, 5.41) is 4.09. The zero-order valence-electron chi connectivity index (χ0n) is 10.8. The van der Waals surface area contributed by atoms with Gasteiger partial charge in [-0.15, -0.1) is 11.8 Å². The summed E-state index contributed by atoms with van der Waals surface area (Å²) < 4.78 is 0. The van der Waals surface area contributed by atoms with E-state index in [0.717, 1.165) is 13.1 Å². The second-order valence-electron chi connectivity index (χ2n) is 4.38. The fourth-order valence-electron chi connectivity index (χ4n) is 1.54. The Kier molecular flexibility index (Phi) is 5.93. The van der Waals surface area contributed by atoms with E-state index in [0.29, 0.717) is 5.25 Å². The maximum Gasteiger partial charge on any atom is 0.0191 e. The first-order valence-electron chi connectivity index (χ1n) is 6.08. The monoisotopic (exact) mass is 237 g/mol. The molecule has 0 fully saturated rings. The van der Waals surface area contributed by atoms with Gasteiger partial charge in [0, 0.05) is 16.7 Å². The van der Waals surface area contributed by atoms with Gasteiger partial charge in [0.2, 0.25) is 0 Å². The highest BCUT2D eigenvalue weighted by Gasteiger charge is 2.04. The number of nitrogens with one attached hydrogen (secondary N) is 1. The average Bonchev–Trinajstić information content (AvgIpc) is 2.24. The third kappa shape index (κ3) is 4.58. The molecule has 1 rings (SSSR count). The molecule has 1 unspecified atom stereocenters. The van der Waals surface area contributed by atoms with Crippen molar-refractivity contribution in [2.24, 2.45) is 0 Å². The van der Waals surface area contributed by atoms with Gasteiger partial charge in [0.1, 0.15) is 0 Å². The molecule has 0 aliphatic rings. The van der Waals surface area contributed by atoms with E-state index in [9.17, 15) is 0 Å².